The highest BCUT2D eigenvalue weighted by Crippen LogP contribution is 2.28. The third-order valence-electron chi connectivity index (χ3n) is 3.36. The van der Waals surface area contributed by atoms with Crippen LogP contribution < -0.4 is 14.8 Å². The van der Waals surface area contributed by atoms with Crippen molar-refractivity contribution in [1.29, 1.82) is 0 Å². The van der Waals surface area contributed by atoms with Gasteiger partial charge in [-0.2, -0.15) is 0 Å². The zero-order chi connectivity index (χ0) is 18.4. The quantitative estimate of drug-likeness (QED) is 0.683. The topological polar surface area (TPSA) is 86.2 Å². The number of nitrogens with zero attached hydrogens (tertiary/aromatic N) is 3. The van der Waals surface area contributed by atoms with Crippen LogP contribution in [-0.4, -0.2) is 34.3 Å². The second kappa shape index (κ2) is 8.39. The van der Waals surface area contributed by atoms with Gasteiger partial charge in [-0.15, -0.1) is 10.2 Å². The molecule has 0 aliphatic rings. The Hall–Kier alpha value is -3.00. The van der Waals surface area contributed by atoms with Crippen LogP contribution in [0, 0.1) is 0 Å². The summed E-state index contributed by atoms with van der Waals surface area (Å²) in [4.78, 5) is 16.7. The highest BCUT2D eigenvalue weighted by atomic mass is 32.1. The molecule has 0 saturated carbocycles. The van der Waals surface area contributed by atoms with Crippen LogP contribution in [0.15, 0.2) is 42.7 Å². The van der Waals surface area contributed by atoms with Crippen molar-refractivity contribution in [3.63, 3.8) is 0 Å². The molecular weight excluding hydrogens is 352 g/mol. The van der Waals surface area contributed by atoms with E-state index in [-0.39, 0.29) is 5.91 Å². The Labute approximate surface area is 155 Å². The number of benzene rings is 1. The van der Waals surface area contributed by atoms with Gasteiger partial charge < -0.3 is 9.47 Å². The van der Waals surface area contributed by atoms with Crippen molar-refractivity contribution in [3.05, 3.63) is 48.3 Å². The fourth-order valence-corrected chi connectivity index (χ4v) is 2.99. The van der Waals surface area contributed by atoms with Gasteiger partial charge in [0, 0.05) is 24.0 Å². The van der Waals surface area contributed by atoms with Crippen LogP contribution >= 0.6 is 11.3 Å². The first kappa shape index (κ1) is 17.8. The van der Waals surface area contributed by atoms with E-state index >= 15 is 0 Å². The molecule has 0 radical (unpaired) electrons. The molecule has 0 spiro atoms. The first-order valence-electron chi connectivity index (χ1n) is 8.16. The first-order valence-corrected chi connectivity index (χ1v) is 8.97. The number of aromatic nitrogens is 3. The minimum absolute atomic E-state index is 0.314. The zero-order valence-electron chi connectivity index (χ0n) is 14.4. The van der Waals surface area contributed by atoms with Crippen LogP contribution in [0.3, 0.4) is 0 Å². The molecule has 0 bridgehead atoms. The summed E-state index contributed by atoms with van der Waals surface area (Å²) in [7, 11) is 0. The lowest BCUT2D eigenvalue weighted by Gasteiger charge is -2.11. The fraction of sp³-hybridized carbons (Fsp3) is 0.222. The Kier molecular flexibility index (Phi) is 5.75. The van der Waals surface area contributed by atoms with Gasteiger partial charge in [0.05, 0.1) is 18.8 Å². The van der Waals surface area contributed by atoms with Crippen LogP contribution in [0.2, 0.25) is 0 Å². The van der Waals surface area contributed by atoms with Gasteiger partial charge in [-0.3, -0.25) is 15.1 Å². The zero-order valence-corrected chi connectivity index (χ0v) is 15.2. The Morgan fingerprint density at radius 2 is 2.00 bits per heavy atom. The van der Waals surface area contributed by atoms with E-state index in [2.05, 4.69) is 20.5 Å². The van der Waals surface area contributed by atoms with E-state index in [0.717, 1.165) is 5.56 Å². The van der Waals surface area contributed by atoms with Gasteiger partial charge in [0.15, 0.2) is 5.01 Å². The average molecular weight is 370 g/mol. The summed E-state index contributed by atoms with van der Waals surface area (Å²) in [6, 6.07) is 8.83. The smallest absolute Gasteiger partial charge is 0.261 e. The summed E-state index contributed by atoms with van der Waals surface area (Å²) < 4.78 is 11.0. The lowest BCUT2D eigenvalue weighted by molar-refractivity contribution is 0.102. The molecule has 26 heavy (non-hydrogen) atoms. The molecule has 2 heterocycles. The Morgan fingerprint density at radius 1 is 1.15 bits per heavy atom. The molecule has 0 aliphatic heterocycles. The maximum atomic E-state index is 12.6. The second-order valence-corrected chi connectivity index (χ2v) is 6.11. The normalized spacial score (nSPS) is 10.4. The number of nitrogens with one attached hydrogen (secondary N) is 1. The van der Waals surface area contributed by atoms with E-state index in [9.17, 15) is 4.79 Å². The van der Waals surface area contributed by atoms with Crippen LogP contribution in [0.4, 0.5) is 5.13 Å². The number of anilines is 1. The molecule has 0 atom stereocenters. The fourth-order valence-electron chi connectivity index (χ4n) is 2.27. The minimum Gasteiger partial charge on any atom is -0.494 e. The molecule has 0 unspecified atom stereocenters. The first-order chi connectivity index (χ1) is 12.7. The number of rotatable bonds is 7. The van der Waals surface area contributed by atoms with Crippen LogP contribution in [0.5, 0.6) is 11.5 Å². The van der Waals surface area contributed by atoms with Crippen molar-refractivity contribution in [2.45, 2.75) is 13.8 Å². The average Bonchev–Trinajstić information content (AvgIpc) is 3.12. The van der Waals surface area contributed by atoms with Crippen LogP contribution in [-0.2, 0) is 0 Å². The second-order valence-electron chi connectivity index (χ2n) is 5.13. The van der Waals surface area contributed by atoms with Crippen molar-refractivity contribution >= 4 is 22.4 Å². The van der Waals surface area contributed by atoms with Crippen molar-refractivity contribution in [3.8, 4) is 22.1 Å². The highest BCUT2D eigenvalue weighted by molar-refractivity contribution is 7.18. The van der Waals surface area contributed by atoms with Gasteiger partial charge in [-0.25, -0.2) is 0 Å². The molecule has 7 nitrogen and oxygen atoms in total. The van der Waals surface area contributed by atoms with Crippen molar-refractivity contribution in [2.24, 2.45) is 0 Å². The van der Waals surface area contributed by atoms with Gasteiger partial charge in [-0.1, -0.05) is 11.3 Å². The molecule has 134 valence electrons. The van der Waals surface area contributed by atoms with Gasteiger partial charge in [0.1, 0.15) is 11.5 Å². The molecule has 8 heteroatoms. The lowest BCUT2D eigenvalue weighted by atomic mass is 10.2. The maximum absolute atomic E-state index is 12.6. The lowest BCUT2D eigenvalue weighted by Crippen LogP contribution is -2.13. The van der Waals surface area contributed by atoms with Crippen molar-refractivity contribution in [1.82, 2.24) is 15.2 Å². The van der Waals surface area contributed by atoms with E-state index in [4.69, 9.17) is 9.47 Å². The highest BCUT2D eigenvalue weighted by Gasteiger charge is 2.16. The number of pyridine rings is 1. The molecule has 0 fully saturated rings. The monoisotopic (exact) mass is 370 g/mol. The molecule has 2 aromatic heterocycles. The van der Waals surface area contributed by atoms with Crippen molar-refractivity contribution < 1.29 is 14.3 Å². The van der Waals surface area contributed by atoms with Gasteiger partial charge in [-0.05, 0) is 38.1 Å². The third-order valence-corrected chi connectivity index (χ3v) is 4.25. The number of amides is 1. The van der Waals surface area contributed by atoms with Crippen LogP contribution in [0.25, 0.3) is 10.6 Å². The summed E-state index contributed by atoms with van der Waals surface area (Å²) in [5.74, 6) is 0.806. The molecular formula is C18H18N4O3S. The summed E-state index contributed by atoms with van der Waals surface area (Å²) in [5, 5.41) is 12.0. The Morgan fingerprint density at radius 3 is 2.73 bits per heavy atom. The van der Waals surface area contributed by atoms with E-state index in [1.165, 1.54) is 11.3 Å². The van der Waals surface area contributed by atoms with E-state index in [1.54, 1.807) is 30.6 Å². The number of carbonyl (C=O) groups excluding carboxylic acids is 1. The molecule has 3 aromatic rings. The molecule has 1 N–H and O–H groups in total. The summed E-state index contributed by atoms with van der Waals surface area (Å²) >= 11 is 1.28. The SMILES string of the molecule is CCOc1ccc(C(=O)Nc2nnc(-c3cccnc3)s2)c(OCC)c1. The number of hydrogen-bond donors (Lipinski definition) is 1. The molecule has 0 saturated heterocycles. The van der Waals surface area contributed by atoms with E-state index in [1.807, 2.05) is 26.0 Å². The maximum Gasteiger partial charge on any atom is 0.261 e. The number of hydrogen-bond acceptors (Lipinski definition) is 7. The van der Waals surface area contributed by atoms with E-state index < -0.39 is 0 Å². The van der Waals surface area contributed by atoms with Gasteiger partial charge >= 0.3 is 0 Å². The molecule has 1 aromatic carbocycles. The largest absolute Gasteiger partial charge is 0.494 e. The van der Waals surface area contributed by atoms with Gasteiger partial charge in [0.25, 0.3) is 5.91 Å². The van der Waals surface area contributed by atoms with Crippen molar-refractivity contribution in [2.75, 3.05) is 18.5 Å². The Balaban J connectivity index is 1.78. The van der Waals surface area contributed by atoms with E-state index in [0.29, 0.717) is 40.4 Å². The molecule has 0 aliphatic carbocycles. The van der Waals surface area contributed by atoms with Gasteiger partial charge in [0.2, 0.25) is 5.13 Å². The minimum atomic E-state index is -0.314. The van der Waals surface area contributed by atoms with Crippen LogP contribution in [0.1, 0.15) is 24.2 Å². The summed E-state index contributed by atoms with van der Waals surface area (Å²) in [6.07, 6.45) is 3.39. The Bertz CT molecular complexity index is 883. The standard InChI is InChI=1S/C18H18N4O3S/c1-3-24-13-7-8-14(15(10-13)25-4-2)16(23)20-18-22-21-17(26-18)12-6-5-9-19-11-12/h5-11H,3-4H2,1-2H3,(H,20,22,23). The summed E-state index contributed by atoms with van der Waals surface area (Å²) in [6.45, 7) is 4.75. The predicted molar refractivity (Wildman–Crippen MR) is 99.9 cm³/mol. The number of ether oxygens (including phenoxy) is 2. The third kappa shape index (κ3) is 4.15. The number of carbonyl (C=O) groups is 1. The molecule has 3 rings (SSSR count). The molecule has 1 amide bonds. The predicted octanol–water partition coefficient (Wildman–Crippen LogP) is 3.65. The summed E-state index contributed by atoms with van der Waals surface area (Å²) in [5.41, 5.74) is 1.26.